The number of benzene rings is 1. The average Bonchev–Trinajstić information content (AvgIpc) is 2.27. The summed E-state index contributed by atoms with van der Waals surface area (Å²) in [4.78, 5) is 10.6. The molecule has 0 amide bonds. The normalized spacial score (nSPS) is 11.4. The molecule has 1 aromatic rings. The summed E-state index contributed by atoms with van der Waals surface area (Å²) >= 11 is 0. The van der Waals surface area contributed by atoms with Crippen LogP contribution in [0.5, 0.6) is 11.5 Å². The number of aromatic hydroxyl groups is 1. The topological polar surface area (TPSA) is 66.8 Å². The molecule has 0 atom stereocenters. The van der Waals surface area contributed by atoms with Gasteiger partial charge in [-0.05, 0) is 36.6 Å². The molecule has 0 aliphatic heterocycles. The molecule has 0 spiro atoms. The summed E-state index contributed by atoms with van der Waals surface area (Å²) in [7, 11) is 1.55. The molecule has 0 fully saturated rings. The van der Waals surface area contributed by atoms with Crippen LogP contribution in [0.1, 0.15) is 25.0 Å². The number of phenols is 1. The largest absolute Gasteiger partial charge is 0.507 e. The van der Waals surface area contributed by atoms with Crippen molar-refractivity contribution in [2.75, 3.05) is 7.11 Å². The van der Waals surface area contributed by atoms with Gasteiger partial charge >= 0.3 is 5.97 Å². The Hall–Kier alpha value is -1.97. The predicted molar refractivity (Wildman–Crippen MR) is 65.3 cm³/mol. The zero-order valence-corrected chi connectivity index (χ0v) is 10.2. The highest BCUT2D eigenvalue weighted by atomic mass is 16.5. The lowest BCUT2D eigenvalue weighted by Gasteiger charge is -2.11. The van der Waals surface area contributed by atoms with Crippen molar-refractivity contribution < 1.29 is 19.7 Å². The lowest BCUT2D eigenvalue weighted by Crippen LogP contribution is -1.95. The standard InChI is InChI=1S/C13H16O4/c1-4-9-6-11(14)10(7-12(9)17-3)8(2)5-13(15)16/h5-7,14H,4H2,1-3H3,(H,15,16). The fourth-order valence-corrected chi connectivity index (χ4v) is 1.66. The Bertz CT molecular complexity index is 461. The molecule has 0 heterocycles. The maximum absolute atomic E-state index is 10.6. The summed E-state index contributed by atoms with van der Waals surface area (Å²) in [6.07, 6.45) is 1.79. The number of ether oxygens (including phenoxy) is 1. The number of rotatable bonds is 4. The molecule has 1 rings (SSSR count). The number of aryl methyl sites for hydroxylation is 1. The third-order valence-corrected chi connectivity index (χ3v) is 2.54. The van der Waals surface area contributed by atoms with Gasteiger partial charge in [-0.1, -0.05) is 6.92 Å². The second kappa shape index (κ2) is 5.39. The summed E-state index contributed by atoms with van der Waals surface area (Å²) in [5.41, 5.74) is 1.84. The highest BCUT2D eigenvalue weighted by molar-refractivity contribution is 5.90. The Balaban J connectivity index is 3.31. The lowest BCUT2D eigenvalue weighted by molar-refractivity contribution is -0.131. The van der Waals surface area contributed by atoms with E-state index in [2.05, 4.69) is 0 Å². The van der Waals surface area contributed by atoms with E-state index in [0.29, 0.717) is 16.9 Å². The molecule has 0 saturated carbocycles. The molecule has 0 aliphatic rings. The molecule has 0 unspecified atom stereocenters. The zero-order valence-electron chi connectivity index (χ0n) is 10.2. The van der Waals surface area contributed by atoms with Gasteiger partial charge in [-0.15, -0.1) is 0 Å². The van der Waals surface area contributed by atoms with Crippen molar-refractivity contribution >= 4 is 11.5 Å². The van der Waals surface area contributed by atoms with Crippen LogP contribution < -0.4 is 4.74 Å². The second-order valence-electron chi connectivity index (χ2n) is 3.70. The fourth-order valence-electron chi connectivity index (χ4n) is 1.66. The van der Waals surface area contributed by atoms with Gasteiger partial charge in [0, 0.05) is 11.6 Å². The molecule has 1 aromatic carbocycles. The molecule has 0 aliphatic carbocycles. The summed E-state index contributed by atoms with van der Waals surface area (Å²) in [6.45, 7) is 3.59. The number of carbonyl (C=O) groups is 1. The number of phenolic OH excluding ortho intramolecular Hbond substituents is 1. The molecular weight excluding hydrogens is 220 g/mol. The Morgan fingerprint density at radius 3 is 2.59 bits per heavy atom. The molecule has 0 saturated heterocycles. The van der Waals surface area contributed by atoms with E-state index < -0.39 is 5.97 Å². The van der Waals surface area contributed by atoms with E-state index in [1.807, 2.05) is 6.92 Å². The van der Waals surface area contributed by atoms with E-state index >= 15 is 0 Å². The maximum atomic E-state index is 10.6. The van der Waals surface area contributed by atoms with Crippen molar-refractivity contribution in [2.24, 2.45) is 0 Å². The molecule has 0 radical (unpaired) electrons. The first-order valence-corrected chi connectivity index (χ1v) is 5.31. The summed E-state index contributed by atoms with van der Waals surface area (Å²) in [5.74, 6) is -0.323. The molecule has 2 N–H and O–H groups in total. The lowest BCUT2D eigenvalue weighted by atomic mass is 10.0. The summed E-state index contributed by atoms with van der Waals surface area (Å²) in [6, 6.07) is 3.26. The number of hydrogen-bond donors (Lipinski definition) is 2. The van der Waals surface area contributed by atoms with Gasteiger partial charge in [-0.25, -0.2) is 4.79 Å². The van der Waals surface area contributed by atoms with Crippen molar-refractivity contribution in [1.82, 2.24) is 0 Å². The summed E-state index contributed by atoms with van der Waals surface area (Å²) < 4.78 is 5.20. The van der Waals surface area contributed by atoms with Crippen LogP contribution in [-0.2, 0) is 11.2 Å². The van der Waals surface area contributed by atoms with E-state index in [9.17, 15) is 9.90 Å². The van der Waals surface area contributed by atoms with Gasteiger partial charge < -0.3 is 14.9 Å². The van der Waals surface area contributed by atoms with Gasteiger partial charge in [-0.2, -0.15) is 0 Å². The minimum absolute atomic E-state index is 0.0673. The number of carboxylic acid groups (broad SMARTS) is 1. The van der Waals surface area contributed by atoms with Crippen molar-refractivity contribution in [1.29, 1.82) is 0 Å². The quantitative estimate of drug-likeness (QED) is 0.788. The van der Waals surface area contributed by atoms with E-state index in [0.717, 1.165) is 18.1 Å². The van der Waals surface area contributed by atoms with Crippen LogP contribution in [0, 0.1) is 0 Å². The van der Waals surface area contributed by atoms with Crippen LogP contribution in [0.25, 0.3) is 5.57 Å². The molecular formula is C13H16O4. The molecule has 0 aromatic heterocycles. The second-order valence-corrected chi connectivity index (χ2v) is 3.70. The van der Waals surface area contributed by atoms with Crippen LogP contribution >= 0.6 is 0 Å². The van der Waals surface area contributed by atoms with E-state index in [4.69, 9.17) is 9.84 Å². The maximum Gasteiger partial charge on any atom is 0.328 e. The van der Waals surface area contributed by atoms with Crippen LogP contribution in [-0.4, -0.2) is 23.3 Å². The van der Waals surface area contributed by atoms with Crippen LogP contribution in [0.2, 0.25) is 0 Å². The summed E-state index contributed by atoms with van der Waals surface area (Å²) in [5, 5.41) is 18.5. The van der Waals surface area contributed by atoms with Gasteiger partial charge in [0.25, 0.3) is 0 Å². The van der Waals surface area contributed by atoms with Gasteiger partial charge in [0.2, 0.25) is 0 Å². The van der Waals surface area contributed by atoms with Crippen LogP contribution in [0.4, 0.5) is 0 Å². The van der Waals surface area contributed by atoms with Crippen molar-refractivity contribution in [3.05, 3.63) is 29.3 Å². The third kappa shape index (κ3) is 3.00. The zero-order chi connectivity index (χ0) is 13.0. The monoisotopic (exact) mass is 236 g/mol. The molecule has 4 nitrogen and oxygen atoms in total. The van der Waals surface area contributed by atoms with Crippen LogP contribution in [0.3, 0.4) is 0 Å². The highest BCUT2D eigenvalue weighted by Gasteiger charge is 2.10. The first-order chi connectivity index (χ1) is 7.99. The molecule has 92 valence electrons. The van der Waals surface area contributed by atoms with Crippen molar-refractivity contribution in [3.8, 4) is 11.5 Å². The molecule has 0 bridgehead atoms. The van der Waals surface area contributed by atoms with Crippen LogP contribution in [0.15, 0.2) is 18.2 Å². The van der Waals surface area contributed by atoms with Gasteiger partial charge in [0.15, 0.2) is 0 Å². The van der Waals surface area contributed by atoms with Crippen molar-refractivity contribution in [3.63, 3.8) is 0 Å². The van der Waals surface area contributed by atoms with E-state index in [-0.39, 0.29) is 5.75 Å². The minimum Gasteiger partial charge on any atom is -0.507 e. The number of allylic oxidation sites excluding steroid dienone is 1. The fraction of sp³-hybridized carbons (Fsp3) is 0.308. The molecule has 4 heteroatoms. The van der Waals surface area contributed by atoms with E-state index in [1.54, 1.807) is 26.2 Å². The Morgan fingerprint density at radius 1 is 1.47 bits per heavy atom. The van der Waals surface area contributed by atoms with Gasteiger partial charge in [0.1, 0.15) is 11.5 Å². The Morgan fingerprint density at radius 2 is 2.12 bits per heavy atom. The van der Waals surface area contributed by atoms with Gasteiger partial charge in [0.05, 0.1) is 7.11 Å². The number of methoxy groups -OCH3 is 1. The first-order valence-electron chi connectivity index (χ1n) is 5.31. The SMILES string of the molecule is CCc1cc(O)c(C(C)=CC(=O)O)cc1OC. The predicted octanol–water partition coefficient (Wildman–Crippen LogP) is 2.45. The van der Waals surface area contributed by atoms with E-state index in [1.165, 1.54) is 0 Å². The number of carboxylic acids is 1. The van der Waals surface area contributed by atoms with Crippen molar-refractivity contribution in [2.45, 2.75) is 20.3 Å². The first kappa shape index (κ1) is 13.1. The minimum atomic E-state index is -1.04. The Labute approximate surface area is 100 Å². The average molecular weight is 236 g/mol. The Kier molecular flexibility index (Phi) is 4.15. The number of hydrogen-bond acceptors (Lipinski definition) is 3. The third-order valence-electron chi connectivity index (χ3n) is 2.54. The number of aliphatic carboxylic acids is 1. The highest BCUT2D eigenvalue weighted by Crippen LogP contribution is 2.32. The van der Waals surface area contributed by atoms with Gasteiger partial charge in [-0.3, -0.25) is 0 Å². The smallest absolute Gasteiger partial charge is 0.328 e. The molecule has 17 heavy (non-hydrogen) atoms.